The minimum absolute atomic E-state index is 0.195. The summed E-state index contributed by atoms with van der Waals surface area (Å²) in [4.78, 5) is 4.46. The van der Waals surface area contributed by atoms with E-state index in [1.807, 2.05) is 19.3 Å². The van der Waals surface area contributed by atoms with Gasteiger partial charge >= 0.3 is 0 Å². The molecular formula is C18H23BrN2. The van der Waals surface area contributed by atoms with Crippen molar-refractivity contribution in [2.75, 3.05) is 7.05 Å². The molecule has 21 heavy (non-hydrogen) atoms. The zero-order valence-corrected chi connectivity index (χ0v) is 14.7. The maximum absolute atomic E-state index is 4.46. The molecule has 2 rings (SSSR count). The van der Waals surface area contributed by atoms with Crippen LogP contribution in [0.5, 0.6) is 0 Å². The van der Waals surface area contributed by atoms with Gasteiger partial charge in [0.05, 0.1) is 0 Å². The number of likely N-dealkylation sites (N-methyl/N-ethyl adjacent to an activating group) is 1. The molecule has 1 unspecified atom stereocenters. The van der Waals surface area contributed by atoms with Crippen LogP contribution in [0.3, 0.4) is 0 Å². The molecule has 1 atom stereocenters. The molecule has 2 nitrogen and oxygen atoms in total. The largest absolute Gasteiger partial charge is 0.313 e. The van der Waals surface area contributed by atoms with E-state index in [-0.39, 0.29) is 11.5 Å². The van der Waals surface area contributed by atoms with Gasteiger partial charge in [-0.25, -0.2) is 0 Å². The van der Waals surface area contributed by atoms with Gasteiger partial charge in [-0.15, -0.1) is 0 Å². The first-order valence-electron chi connectivity index (χ1n) is 7.28. The predicted octanol–water partition coefficient (Wildman–Crippen LogP) is 4.64. The molecule has 0 aliphatic heterocycles. The van der Waals surface area contributed by atoms with Crippen LogP contribution in [0.15, 0.2) is 47.1 Å². The molecule has 0 saturated heterocycles. The minimum Gasteiger partial charge on any atom is -0.313 e. The van der Waals surface area contributed by atoms with Crippen molar-refractivity contribution >= 4 is 15.9 Å². The molecule has 1 heterocycles. The highest BCUT2D eigenvalue weighted by Crippen LogP contribution is 2.25. The van der Waals surface area contributed by atoms with Gasteiger partial charge in [0.1, 0.15) is 0 Å². The van der Waals surface area contributed by atoms with Crippen LogP contribution >= 0.6 is 15.9 Å². The normalized spacial score (nSPS) is 13.2. The van der Waals surface area contributed by atoms with E-state index in [9.17, 15) is 0 Å². The number of halogens is 1. The summed E-state index contributed by atoms with van der Waals surface area (Å²) >= 11 is 3.42. The van der Waals surface area contributed by atoms with Crippen LogP contribution in [0, 0.1) is 0 Å². The second-order valence-electron chi connectivity index (χ2n) is 6.39. The molecule has 0 aliphatic carbocycles. The minimum atomic E-state index is 0.195. The summed E-state index contributed by atoms with van der Waals surface area (Å²) in [5, 5.41) is 3.39. The molecule has 0 amide bonds. The lowest BCUT2D eigenvalue weighted by Gasteiger charge is -2.21. The van der Waals surface area contributed by atoms with E-state index in [1.165, 1.54) is 11.1 Å². The molecule has 0 fully saturated rings. The van der Waals surface area contributed by atoms with E-state index in [1.54, 1.807) is 0 Å². The smallest absolute Gasteiger partial charge is 0.0423 e. The molecule has 0 spiro atoms. The highest BCUT2D eigenvalue weighted by atomic mass is 79.9. The molecule has 1 N–H and O–H groups in total. The average molecular weight is 347 g/mol. The number of rotatable bonds is 4. The zero-order valence-electron chi connectivity index (χ0n) is 13.2. The van der Waals surface area contributed by atoms with Crippen molar-refractivity contribution in [2.45, 2.75) is 38.6 Å². The number of aromatic nitrogens is 1. The van der Waals surface area contributed by atoms with Gasteiger partial charge < -0.3 is 5.32 Å². The van der Waals surface area contributed by atoms with Gasteiger partial charge in [0, 0.05) is 28.8 Å². The third-order valence-electron chi connectivity index (χ3n) is 3.73. The van der Waals surface area contributed by atoms with Crippen LogP contribution < -0.4 is 5.32 Å². The Morgan fingerprint density at radius 3 is 2.24 bits per heavy atom. The number of nitrogens with zero attached hydrogens (tertiary/aromatic N) is 1. The van der Waals surface area contributed by atoms with Crippen molar-refractivity contribution in [1.82, 2.24) is 10.3 Å². The van der Waals surface area contributed by atoms with Crippen molar-refractivity contribution in [3.05, 3.63) is 63.9 Å². The fourth-order valence-corrected chi connectivity index (χ4v) is 2.57. The summed E-state index contributed by atoms with van der Waals surface area (Å²) in [5.74, 6) is 0. The Labute approximate surface area is 136 Å². The zero-order chi connectivity index (χ0) is 15.5. The maximum Gasteiger partial charge on any atom is 0.0423 e. The van der Waals surface area contributed by atoms with Crippen LogP contribution in [0.2, 0.25) is 0 Å². The van der Waals surface area contributed by atoms with Crippen LogP contribution in [0.1, 0.15) is 43.6 Å². The molecule has 0 bridgehead atoms. The summed E-state index contributed by atoms with van der Waals surface area (Å²) < 4.78 is 1.02. The molecule has 1 aromatic heterocycles. The van der Waals surface area contributed by atoms with Crippen LogP contribution in [-0.2, 0) is 11.8 Å². The Bertz CT molecular complexity index is 568. The standard InChI is InChI=1S/C18H23BrN2/c1-18(2,3)14-7-5-13(6-8-14)17(20-4)11-16-10-9-15(19)12-21-16/h5-10,12,17,20H,11H2,1-4H3. The molecule has 2 aromatic rings. The average Bonchev–Trinajstić information content (AvgIpc) is 2.46. The third-order valence-corrected chi connectivity index (χ3v) is 4.20. The Morgan fingerprint density at radius 1 is 1.10 bits per heavy atom. The highest BCUT2D eigenvalue weighted by Gasteiger charge is 2.15. The lowest BCUT2D eigenvalue weighted by atomic mass is 9.86. The Balaban J connectivity index is 2.15. The van der Waals surface area contributed by atoms with Crippen molar-refractivity contribution in [2.24, 2.45) is 0 Å². The summed E-state index contributed by atoms with van der Waals surface area (Å²) in [5.41, 5.74) is 3.96. The van der Waals surface area contributed by atoms with Gasteiger partial charge in [0.25, 0.3) is 0 Å². The van der Waals surface area contributed by atoms with Crippen LogP contribution in [0.25, 0.3) is 0 Å². The van der Waals surface area contributed by atoms with Crippen molar-refractivity contribution in [3.8, 4) is 0 Å². The van der Waals surface area contributed by atoms with Gasteiger partial charge in [0.15, 0.2) is 0 Å². The predicted molar refractivity (Wildman–Crippen MR) is 92.6 cm³/mol. The number of nitrogens with one attached hydrogen (secondary N) is 1. The van der Waals surface area contributed by atoms with E-state index in [0.717, 1.165) is 16.6 Å². The summed E-state index contributed by atoms with van der Waals surface area (Å²) in [7, 11) is 2.00. The van der Waals surface area contributed by atoms with Crippen molar-refractivity contribution in [3.63, 3.8) is 0 Å². The Morgan fingerprint density at radius 2 is 1.76 bits per heavy atom. The number of benzene rings is 1. The number of hydrogen-bond donors (Lipinski definition) is 1. The fourth-order valence-electron chi connectivity index (χ4n) is 2.34. The lowest BCUT2D eigenvalue weighted by molar-refractivity contribution is 0.576. The first-order chi connectivity index (χ1) is 9.90. The Hall–Kier alpha value is -1.19. The molecule has 0 saturated carbocycles. The number of pyridine rings is 1. The first kappa shape index (κ1) is 16.2. The van der Waals surface area contributed by atoms with E-state index in [2.05, 4.69) is 77.3 Å². The summed E-state index contributed by atoms with van der Waals surface area (Å²) in [6, 6.07) is 13.3. The van der Waals surface area contributed by atoms with Gasteiger partial charge in [-0.3, -0.25) is 4.98 Å². The molecule has 0 radical (unpaired) electrons. The third kappa shape index (κ3) is 4.39. The summed E-state index contributed by atoms with van der Waals surface area (Å²) in [6.07, 6.45) is 2.74. The molecule has 3 heteroatoms. The van der Waals surface area contributed by atoms with Gasteiger partial charge in [-0.2, -0.15) is 0 Å². The van der Waals surface area contributed by atoms with Gasteiger partial charge in [-0.05, 0) is 51.7 Å². The van der Waals surface area contributed by atoms with Gasteiger partial charge in [0.2, 0.25) is 0 Å². The van der Waals surface area contributed by atoms with E-state index in [4.69, 9.17) is 0 Å². The topological polar surface area (TPSA) is 24.9 Å². The SMILES string of the molecule is CNC(Cc1ccc(Br)cn1)c1ccc(C(C)(C)C)cc1. The maximum atomic E-state index is 4.46. The van der Waals surface area contributed by atoms with Gasteiger partial charge in [-0.1, -0.05) is 45.0 Å². The molecule has 0 aliphatic rings. The highest BCUT2D eigenvalue weighted by molar-refractivity contribution is 9.10. The molecule has 112 valence electrons. The van der Waals surface area contributed by atoms with Crippen molar-refractivity contribution in [1.29, 1.82) is 0 Å². The number of hydrogen-bond acceptors (Lipinski definition) is 2. The van der Waals surface area contributed by atoms with E-state index in [0.29, 0.717) is 0 Å². The quantitative estimate of drug-likeness (QED) is 0.871. The van der Waals surface area contributed by atoms with E-state index < -0.39 is 0 Å². The van der Waals surface area contributed by atoms with Crippen LogP contribution in [-0.4, -0.2) is 12.0 Å². The lowest BCUT2D eigenvalue weighted by Crippen LogP contribution is -2.20. The van der Waals surface area contributed by atoms with Crippen LogP contribution in [0.4, 0.5) is 0 Å². The monoisotopic (exact) mass is 346 g/mol. The molecular weight excluding hydrogens is 324 g/mol. The molecule has 1 aromatic carbocycles. The second kappa shape index (κ2) is 6.71. The summed E-state index contributed by atoms with van der Waals surface area (Å²) in [6.45, 7) is 6.72. The fraction of sp³-hybridized carbons (Fsp3) is 0.389. The Kier molecular flexibility index (Phi) is 5.17. The van der Waals surface area contributed by atoms with Crippen molar-refractivity contribution < 1.29 is 0 Å². The second-order valence-corrected chi connectivity index (χ2v) is 7.30. The first-order valence-corrected chi connectivity index (χ1v) is 8.07. The van der Waals surface area contributed by atoms with E-state index >= 15 is 0 Å².